The third-order valence-corrected chi connectivity index (χ3v) is 6.18. The minimum atomic E-state index is -0.397. The number of carbonyl (C=O) groups excluding carboxylic acids is 2. The van der Waals surface area contributed by atoms with Gasteiger partial charge in [0.05, 0.1) is 31.2 Å². The van der Waals surface area contributed by atoms with Crippen LogP contribution in [0.1, 0.15) is 45.0 Å². The SMILES string of the molecule is CCOc1cc(C(=O)NC(=S)Nc2ccccc2N2CCN(C(=O)C(C)C)CC2)cc(OCC)c1OCC. The van der Waals surface area contributed by atoms with Crippen LogP contribution in [0.2, 0.25) is 0 Å². The molecule has 2 aromatic carbocycles. The molecule has 0 saturated carbocycles. The number of thiocarbonyl (C=S) groups is 1. The van der Waals surface area contributed by atoms with Gasteiger partial charge in [-0.2, -0.15) is 0 Å². The van der Waals surface area contributed by atoms with Gasteiger partial charge in [-0.25, -0.2) is 0 Å². The zero-order valence-electron chi connectivity index (χ0n) is 22.8. The minimum Gasteiger partial charge on any atom is -0.490 e. The highest BCUT2D eigenvalue weighted by Crippen LogP contribution is 2.39. The largest absolute Gasteiger partial charge is 0.490 e. The molecule has 1 saturated heterocycles. The number of carbonyl (C=O) groups is 2. The number of nitrogens with zero attached hydrogens (tertiary/aromatic N) is 2. The standard InChI is InChI=1S/C28H38N4O5S/c1-6-35-23-17-20(18-24(36-7-2)25(23)37-8-3)26(33)30-28(38)29-21-11-9-10-12-22(21)31-13-15-32(16-14-31)27(34)19(4)5/h9-12,17-19H,6-8,13-16H2,1-5H3,(H2,29,30,33,38). The van der Waals surface area contributed by atoms with E-state index in [1.54, 1.807) is 12.1 Å². The molecule has 9 nitrogen and oxygen atoms in total. The smallest absolute Gasteiger partial charge is 0.257 e. The Morgan fingerprint density at radius 3 is 2.05 bits per heavy atom. The number of amides is 2. The van der Waals surface area contributed by atoms with Gasteiger partial charge in [0.1, 0.15) is 0 Å². The van der Waals surface area contributed by atoms with Crippen molar-refractivity contribution in [2.75, 3.05) is 56.2 Å². The molecule has 2 N–H and O–H groups in total. The second-order valence-electron chi connectivity index (χ2n) is 8.99. The van der Waals surface area contributed by atoms with Crippen LogP contribution in [-0.2, 0) is 4.79 Å². The summed E-state index contributed by atoms with van der Waals surface area (Å²) in [7, 11) is 0. The molecule has 1 aliphatic rings. The van der Waals surface area contributed by atoms with E-state index < -0.39 is 5.91 Å². The normalized spacial score (nSPS) is 13.2. The van der Waals surface area contributed by atoms with Crippen molar-refractivity contribution in [3.63, 3.8) is 0 Å². The Balaban J connectivity index is 1.72. The Bertz CT molecular complexity index is 1100. The quantitative estimate of drug-likeness (QED) is 0.429. The lowest BCUT2D eigenvalue weighted by atomic mass is 10.1. The van der Waals surface area contributed by atoms with E-state index in [4.69, 9.17) is 26.4 Å². The third-order valence-electron chi connectivity index (χ3n) is 5.98. The number of piperazine rings is 1. The average molecular weight is 543 g/mol. The van der Waals surface area contributed by atoms with Gasteiger partial charge in [0.15, 0.2) is 16.6 Å². The van der Waals surface area contributed by atoms with E-state index in [2.05, 4.69) is 15.5 Å². The molecule has 3 rings (SSSR count). The van der Waals surface area contributed by atoms with Gasteiger partial charge in [0.2, 0.25) is 11.7 Å². The van der Waals surface area contributed by atoms with Gasteiger partial charge in [0, 0.05) is 37.7 Å². The summed E-state index contributed by atoms with van der Waals surface area (Å²) in [6.45, 7) is 13.4. The van der Waals surface area contributed by atoms with Crippen molar-refractivity contribution in [3.8, 4) is 17.2 Å². The highest BCUT2D eigenvalue weighted by atomic mass is 32.1. The Kier molecular flexibility index (Phi) is 10.6. The van der Waals surface area contributed by atoms with Crippen molar-refractivity contribution in [3.05, 3.63) is 42.0 Å². The van der Waals surface area contributed by atoms with Crippen LogP contribution in [0.3, 0.4) is 0 Å². The van der Waals surface area contributed by atoms with Gasteiger partial charge in [-0.05, 0) is 57.3 Å². The van der Waals surface area contributed by atoms with Crippen molar-refractivity contribution in [1.82, 2.24) is 10.2 Å². The van der Waals surface area contributed by atoms with Crippen LogP contribution >= 0.6 is 12.2 Å². The van der Waals surface area contributed by atoms with Crippen LogP contribution in [-0.4, -0.2) is 67.8 Å². The third kappa shape index (κ3) is 7.28. The summed E-state index contributed by atoms with van der Waals surface area (Å²) in [5.74, 6) is 1.10. The monoisotopic (exact) mass is 542 g/mol. The predicted molar refractivity (Wildman–Crippen MR) is 154 cm³/mol. The number of rotatable bonds is 10. The maximum atomic E-state index is 13.1. The zero-order chi connectivity index (χ0) is 27.7. The molecule has 38 heavy (non-hydrogen) atoms. The Hall–Kier alpha value is -3.53. The first-order valence-corrected chi connectivity index (χ1v) is 13.5. The molecule has 10 heteroatoms. The summed E-state index contributed by atoms with van der Waals surface area (Å²) in [4.78, 5) is 29.6. The second-order valence-corrected chi connectivity index (χ2v) is 9.40. The highest BCUT2D eigenvalue weighted by Gasteiger charge is 2.24. The number of hydrogen-bond acceptors (Lipinski definition) is 7. The lowest BCUT2D eigenvalue weighted by molar-refractivity contribution is -0.134. The van der Waals surface area contributed by atoms with Gasteiger partial charge < -0.3 is 29.3 Å². The lowest BCUT2D eigenvalue weighted by Crippen LogP contribution is -2.50. The van der Waals surface area contributed by atoms with Crippen LogP contribution in [0.15, 0.2) is 36.4 Å². The van der Waals surface area contributed by atoms with Crippen LogP contribution in [0.25, 0.3) is 0 Å². The molecule has 0 aliphatic carbocycles. The molecule has 0 spiro atoms. The number of benzene rings is 2. The summed E-state index contributed by atoms with van der Waals surface area (Å²) in [6, 6.07) is 11.0. The summed E-state index contributed by atoms with van der Waals surface area (Å²) < 4.78 is 17.2. The van der Waals surface area contributed by atoms with E-state index in [-0.39, 0.29) is 16.9 Å². The van der Waals surface area contributed by atoms with Gasteiger partial charge in [-0.1, -0.05) is 26.0 Å². The Labute approximate surface area is 230 Å². The van der Waals surface area contributed by atoms with E-state index in [0.29, 0.717) is 68.8 Å². The summed E-state index contributed by atoms with van der Waals surface area (Å²) >= 11 is 5.49. The van der Waals surface area contributed by atoms with E-state index in [0.717, 1.165) is 11.4 Å². The number of ether oxygens (including phenoxy) is 3. The summed E-state index contributed by atoms with van der Waals surface area (Å²) in [6.07, 6.45) is 0. The van der Waals surface area contributed by atoms with Crippen LogP contribution in [0.5, 0.6) is 17.2 Å². The maximum Gasteiger partial charge on any atom is 0.257 e. The van der Waals surface area contributed by atoms with Crippen LogP contribution in [0, 0.1) is 5.92 Å². The molecule has 1 aliphatic heterocycles. The molecule has 1 fully saturated rings. The molecule has 0 unspecified atom stereocenters. The molecule has 0 radical (unpaired) electrons. The zero-order valence-corrected chi connectivity index (χ0v) is 23.7. The predicted octanol–water partition coefficient (Wildman–Crippen LogP) is 4.31. The van der Waals surface area contributed by atoms with Gasteiger partial charge in [-0.3, -0.25) is 14.9 Å². The van der Waals surface area contributed by atoms with E-state index in [1.165, 1.54) is 0 Å². The molecular formula is C28H38N4O5S. The fourth-order valence-electron chi connectivity index (χ4n) is 4.24. The number of nitrogens with one attached hydrogen (secondary N) is 2. The van der Waals surface area contributed by atoms with Crippen molar-refractivity contribution in [2.45, 2.75) is 34.6 Å². The Morgan fingerprint density at radius 2 is 1.50 bits per heavy atom. The molecule has 0 bridgehead atoms. The van der Waals surface area contributed by atoms with Crippen LogP contribution in [0.4, 0.5) is 11.4 Å². The average Bonchev–Trinajstić information content (AvgIpc) is 2.90. The van der Waals surface area contributed by atoms with Gasteiger partial charge in [-0.15, -0.1) is 0 Å². The summed E-state index contributed by atoms with van der Waals surface area (Å²) in [5.41, 5.74) is 2.07. The molecule has 0 aromatic heterocycles. The number of para-hydroxylation sites is 2. The number of hydrogen-bond donors (Lipinski definition) is 2. The molecular weight excluding hydrogens is 504 g/mol. The second kappa shape index (κ2) is 13.9. The maximum absolute atomic E-state index is 13.1. The molecule has 2 amide bonds. The first kappa shape index (κ1) is 29.0. The first-order chi connectivity index (χ1) is 18.3. The van der Waals surface area contributed by atoms with Crippen molar-refractivity contribution >= 4 is 40.5 Å². The Morgan fingerprint density at radius 1 is 0.921 bits per heavy atom. The molecule has 0 atom stereocenters. The van der Waals surface area contributed by atoms with Crippen molar-refractivity contribution in [2.24, 2.45) is 5.92 Å². The van der Waals surface area contributed by atoms with E-state index in [1.807, 2.05) is 63.8 Å². The van der Waals surface area contributed by atoms with Crippen molar-refractivity contribution in [1.29, 1.82) is 0 Å². The topological polar surface area (TPSA) is 92.4 Å². The first-order valence-electron chi connectivity index (χ1n) is 13.1. The van der Waals surface area contributed by atoms with Crippen LogP contribution < -0.4 is 29.7 Å². The van der Waals surface area contributed by atoms with Gasteiger partial charge in [0.25, 0.3) is 5.91 Å². The minimum absolute atomic E-state index is 0.0129. The lowest BCUT2D eigenvalue weighted by Gasteiger charge is -2.37. The fourth-order valence-corrected chi connectivity index (χ4v) is 4.44. The van der Waals surface area contributed by atoms with E-state index >= 15 is 0 Å². The molecule has 206 valence electrons. The highest BCUT2D eigenvalue weighted by molar-refractivity contribution is 7.80. The molecule has 1 heterocycles. The van der Waals surface area contributed by atoms with E-state index in [9.17, 15) is 9.59 Å². The fraction of sp³-hybridized carbons (Fsp3) is 0.464. The number of anilines is 2. The van der Waals surface area contributed by atoms with Gasteiger partial charge >= 0.3 is 0 Å². The summed E-state index contributed by atoms with van der Waals surface area (Å²) in [5, 5.41) is 6.09. The molecule has 2 aromatic rings. The van der Waals surface area contributed by atoms with Crippen molar-refractivity contribution < 1.29 is 23.8 Å².